The molecule has 0 aromatic heterocycles. The molecule has 1 aliphatic rings. The van der Waals surface area contributed by atoms with Gasteiger partial charge in [-0.15, -0.1) is 0 Å². The van der Waals surface area contributed by atoms with Crippen LogP contribution in [-0.2, 0) is 6.54 Å². The summed E-state index contributed by atoms with van der Waals surface area (Å²) in [7, 11) is 2.16. The lowest BCUT2D eigenvalue weighted by molar-refractivity contribution is 0.0902. The number of amides is 1. The molecule has 2 N–H and O–H groups in total. The molecule has 5 heteroatoms. The summed E-state index contributed by atoms with van der Waals surface area (Å²) >= 11 is 0. The van der Waals surface area contributed by atoms with Crippen LogP contribution in [0.1, 0.15) is 43.1 Å². The van der Waals surface area contributed by atoms with E-state index >= 15 is 0 Å². The van der Waals surface area contributed by atoms with E-state index in [4.69, 9.17) is 0 Å². The van der Waals surface area contributed by atoms with Crippen LogP contribution < -0.4 is 5.32 Å². The van der Waals surface area contributed by atoms with E-state index in [2.05, 4.69) is 36.0 Å². The lowest BCUT2D eigenvalue weighted by Crippen LogP contribution is -2.43. The molecule has 1 heterocycles. The number of carbonyl (C=O) groups excluding carboxylic acids is 1. The van der Waals surface area contributed by atoms with Crippen LogP contribution in [-0.4, -0.2) is 66.7 Å². The highest BCUT2D eigenvalue weighted by Gasteiger charge is 2.21. The van der Waals surface area contributed by atoms with Gasteiger partial charge in [0.2, 0.25) is 0 Å². The van der Waals surface area contributed by atoms with Crippen LogP contribution in [0.15, 0.2) is 24.3 Å². The van der Waals surface area contributed by atoms with Crippen LogP contribution in [0.4, 0.5) is 0 Å². The Morgan fingerprint density at radius 2 is 1.80 bits per heavy atom. The normalized spacial score (nSPS) is 18.1. The lowest BCUT2D eigenvalue weighted by atomic mass is 9.87. The largest absolute Gasteiger partial charge is 0.393 e. The van der Waals surface area contributed by atoms with Gasteiger partial charge in [-0.2, -0.15) is 0 Å². The van der Waals surface area contributed by atoms with Crippen LogP contribution in [0.5, 0.6) is 0 Å². The number of aliphatic hydroxyl groups excluding tert-OH is 1. The maximum atomic E-state index is 12.3. The van der Waals surface area contributed by atoms with Crippen molar-refractivity contribution in [2.45, 2.75) is 39.8 Å². The van der Waals surface area contributed by atoms with Crippen LogP contribution in [0.2, 0.25) is 0 Å². The molecule has 1 amide bonds. The summed E-state index contributed by atoms with van der Waals surface area (Å²) in [5.74, 6) is -0.0511. The van der Waals surface area contributed by atoms with Crippen LogP contribution >= 0.6 is 0 Å². The molecule has 0 saturated carbocycles. The smallest absolute Gasteiger partial charge is 0.251 e. The molecule has 2 rings (SSSR count). The zero-order chi connectivity index (χ0) is 18.4. The molecule has 0 spiro atoms. The van der Waals surface area contributed by atoms with Crippen molar-refractivity contribution in [1.82, 2.24) is 15.1 Å². The van der Waals surface area contributed by atoms with E-state index < -0.39 is 0 Å². The molecule has 1 atom stereocenters. The molecule has 1 aliphatic heterocycles. The number of rotatable bonds is 7. The Kier molecular flexibility index (Phi) is 6.99. The summed E-state index contributed by atoms with van der Waals surface area (Å²) in [5.41, 5.74) is 1.82. The number of carbonyl (C=O) groups is 1. The van der Waals surface area contributed by atoms with E-state index in [9.17, 15) is 9.90 Å². The summed E-state index contributed by atoms with van der Waals surface area (Å²) in [6.45, 7) is 11.8. The zero-order valence-electron chi connectivity index (χ0n) is 16.1. The second-order valence-corrected chi connectivity index (χ2v) is 8.18. The molecule has 5 nitrogen and oxygen atoms in total. The minimum Gasteiger partial charge on any atom is -0.393 e. The van der Waals surface area contributed by atoms with Crippen molar-refractivity contribution in [2.75, 3.05) is 39.8 Å². The summed E-state index contributed by atoms with van der Waals surface area (Å²) in [5, 5.41) is 12.5. The Bertz CT molecular complexity index is 547. The number of nitrogens with zero attached hydrogens (tertiary/aromatic N) is 2. The molecular weight excluding hydrogens is 314 g/mol. The summed E-state index contributed by atoms with van der Waals surface area (Å²) in [6.07, 6.45) is 0.304. The second kappa shape index (κ2) is 8.79. The van der Waals surface area contributed by atoms with Crippen LogP contribution in [0.3, 0.4) is 0 Å². The Balaban J connectivity index is 1.83. The van der Waals surface area contributed by atoms with E-state index in [-0.39, 0.29) is 17.4 Å². The molecule has 140 valence electrons. The van der Waals surface area contributed by atoms with E-state index in [0.717, 1.165) is 32.7 Å². The molecular formula is C20H33N3O2. The third-order valence-electron chi connectivity index (χ3n) is 4.79. The second-order valence-electron chi connectivity index (χ2n) is 8.18. The lowest BCUT2D eigenvalue weighted by Gasteiger charge is -2.32. The highest BCUT2D eigenvalue weighted by atomic mass is 16.3. The van der Waals surface area contributed by atoms with Gasteiger partial charge in [0, 0.05) is 44.8 Å². The van der Waals surface area contributed by atoms with Crippen LogP contribution in [0.25, 0.3) is 0 Å². The Morgan fingerprint density at radius 1 is 1.20 bits per heavy atom. The number of aliphatic hydroxyl groups is 1. The molecule has 1 unspecified atom stereocenters. The average Bonchev–Trinajstić information content (AvgIpc) is 2.54. The van der Waals surface area contributed by atoms with Gasteiger partial charge in [-0.1, -0.05) is 26.0 Å². The maximum absolute atomic E-state index is 12.3. The third kappa shape index (κ3) is 6.77. The average molecular weight is 348 g/mol. The fraction of sp³-hybridized carbons (Fsp3) is 0.650. The summed E-state index contributed by atoms with van der Waals surface area (Å²) in [4.78, 5) is 17.1. The minimum absolute atomic E-state index is 0.0511. The van der Waals surface area contributed by atoms with Gasteiger partial charge in [0.15, 0.2) is 0 Å². The van der Waals surface area contributed by atoms with Crippen molar-refractivity contribution in [3.63, 3.8) is 0 Å². The van der Waals surface area contributed by atoms with Crippen molar-refractivity contribution < 1.29 is 9.90 Å². The molecule has 1 saturated heterocycles. The summed E-state index contributed by atoms with van der Waals surface area (Å²) < 4.78 is 0. The third-order valence-corrected chi connectivity index (χ3v) is 4.79. The molecule has 25 heavy (non-hydrogen) atoms. The number of likely N-dealkylation sites (N-methyl/N-ethyl adjacent to an activating group) is 1. The van der Waals surface area contributed by atoms with Gasteiger partial charge in [-0.05, 0) is 43.5 Å². The van der Waals surface area contributed by atoms with Gasteiger partial charge in [0.1, 0.15) is 0 Å². The van der Waals surface area contributed by atoms with Crippen molar-refractivity contribution in [3.8, 4) is 0 Å². The highest BCUT2D eigenvalue weighted by molar-refractivity contribution is 5.94. The van der Waals surface area contributed by atoms with Gasteiger partial charge in [-0.25, -0.2) is 0 Å². The SMILES string of the molecule is CC(O)CC(C)(C)CNC(=O)c1ccc(CN2CCN(C)CC2)cc1. The molecule has 1 aromatic rings. The Morgan fingerprint density at radius 3 is 2.36 bits per heavy atom. The van der Waals surface area contributed by atoms with E-state index in [1.807, 2.05) is 24.3 Å². The molecule has 1 fully saturated rings. The number of benzene rings is 1. The van der Waals surface area contributed by atoms with Crippen molar-refractivity contribution in [2.24, 2.45) is 5.41 Å². The first-order chi connectivity index (χ1) is 11.7. The van der Waals surface area contributed by atoms with Gasteiger partial charge < -0.3 is 15.3 Å². The monoisotopic (exact) mass is 347 g/mol. The Labute approximate surface area is 152 Å². The highest BCUT2D eigenvalue weighted by Crippen LogP contribution is 2.21. The zero-order valence-corrected chi connectivity index (χ0v) is 16.1. The number of piperazine rings is 1. The fourth-order valence-corrected chi connectivity index (χ4v) is 3.32. The minimum atomic E-state index is -0.360. The van der Waals surface area contributed by atoms with E-state index in [1.54, 1.807) is 6.92 Å². The van der Waals surface area contributed by atoms with Crippen LogP contribution in [0, 0.1) is 5.41 Å². The maximum Gasteiger partial charge on any atom is 0.251 e. The van der Waals surface area contributed by atoms with Gasteiger partial charge in [0.25, 0.3) is 5.91 Å². The van der Waals surface area contributed by atoms with Gasteiger partial charge >= 0.3 is 0 Å². The molecule has 0 aliphatic carbocycles. The van der Waals surface area contributed by atoms with Crippen molar-refractivity contribution in [3.05, 3.63) is 35.4 Å². The predicted octanol–water partition coefficient (Wildman–Crippen LogP) is 1.96. The van der Waals surface area contributed by atoms with Gasteiger partial charge in [-0.3, -0.25) is 9.69 Å². The molecule has 0 radical (unpaired) electrons. The Hall–Kier alpha value is -1.43. The number of hydrogen-bond acceptors (Lipinski definition) is 4. The number of hydrogen-bond donors (Lipinski definition) is 2. The van der Waals surface area contributed by atoms with Gasteiger partial charge in [0.05, 0.1) is 6.10 Å². The molecule has 1 aromatic carbocycles. The number of nitrogens with one attached hydrogen (secondary N) is 1. The van der Waals surface area contributed by atoms with E-state index in [1.165, 1.54) is 5.56 Å². The van der Waals surface area contributed by atoms with Crippen molar-refractivity contribution in [1.29, 1.82) is 0 Å². The van der Waals surface area contributed by atoms with E-state index in [0.29, 0.717) is 18.5 Å². The predicted molar refractivity (Wildman–Crippen MR) is 102 cm³/mol. The first kappa shape index (κ1) is 19.9. The topological polar surface area (TPSA) is 55.8 Å². The fourth-order valence-electron chi connectivity index (χ4n) is 3.32. The first-order valence-electron chi connectivity index (χ1n) is 9.21. The molecule has 0 bridgehead atoms. The van der Waals surface area contributed by atoms with Crippen molar-refractivity contribution >= 4 is 5.91 Å². The quantitative estimate of drug-likeness (QED) is 0.792. The standard InChI is InChI=1S/C20H33N3O2/c1-16(24)13-20(2,3)15-21-19(25)18-7-5-17(6-8-18)14-23-11-9-22(4)10-12-23/h5-8,16,24H,9-15H2,1-4H3,(H,21,25). The summed E-state index contributed by atoms with van der Waals surface area (Å²) in [6, 6.07) is 7.91. The first-order valence-corrected chi connectivity index (χ1v) is 9.21.